The number of aliphatic hydroxyl groups excluding tert-OH is 3. The van der Waals surface area contributed by atoms with Crippen LogP contribution in [-0.2, 0) is 4.79 Å². The van der Waals surface area contributed by atoms with Crippen molar-refractivity contribution in [2.45, 2.75) is 238 Å². The lowest BCUT2D eigenvalue weighted by Gasteiger charge is -2.23. The average Bonchev–Trinajstić information content (AvgIpc) is 3.05. The van der Waals surface area contributed by atoms with Crippen LogP contribution in [0, 0.1) is 0 Å². The van der Waals surface area contributed by atoms with Crippen LogP contribution in [0.25, 0.3) is 0 Å². The fourth-order valence-electron chi connectivity index (χ4n) is 6.40. The van der Waals surface area contributed by atoms with Gasteiger partial charge in [-0.25, -0.2) is 0 Å². The molecule has 0 aromatic heterocycles. The van der Waals surface area contributed by atoms with Gasteiger partial charge in [0.2, 0.25) is 5.91 Å². The highest BCUT2D eigenvalue weighted by Gasteiger charge is 2.21. The number of hydrogen-bond donors (Lipinski definition) is 4. The van der Waals surface area contributed by atoms with Crippen molar-refractivity contribution >= 4 is 5.91 Å². The molecule has 0 saturated carbocycles. The van der Waals surface area contributed by atoms with Gasteiger partial charge in [0, 0.05) is 0 Å². The van der Waals surface area contributed by atoms with Crippen LogP contribution < -0.4 is 5.32 Å². The largest absolute Gasteiger partial charge is 0.394 e. The van der Waals surface area contributed by atoms with E-state index in [0.717, 1.165) is 38.5 Å². The van der Waals surface area contributed by atoms with Crippen LogP contribution in [0.2, 0.25) is 0 Å². The van der Waals surface area contributed by atoms with E-state index in [1.807, 2.05) is 0 Å². The van der Waals surface area contributed by atoms with Crippen molar-refractivity contribution in [3.8, 4) is 0 Å². The predicted molar refractivity (Wildman–Crippen MR) is 199 cm³/mol. The van der Waals surface area contributed by atoms with Crippen molar-refractivity contribution in [3.63, 3.8) is 0 Å². The first-order chi connectivity index (χ1) is 22.5. The van der Waals surface area contributed by atoms with E-state index < -0.39 is 18.2 Å². The van der Waals surface area contributed by atoms with E-state index in [4.69, 9.17) is 0 Å². The molecule has 5 heteroatoms. The van der Waals surface area contributed by atoms with Gasteiger partial charge in [-0.05, 0) is 38.5 Å². The maximum atomic E-state index is 12.4. The Labute approximate surface area is 287 Å². The monoisotopic (exact) mass is 652 g/mol. The van der Waals surface area contributed by atoms with E-state index in [-0.39, 0.29) is 18.9 Å². The summed E-state index contributed by atoms with van der Waals surface area (Å²) in [6.07, 6.45) is 41.7. The summed E-state index contributed by atoms with van der Waals surface area (Å²) >= 11 is 0. The number of nitrogens with one attached hydrogen (secondary N) is 1. The van der Waals surface area contributed by atoms with Gasteiger partial charge in [0.05, 0.1) is 31.3 Å². The summed E-state index contributed by atoms with van der Waals surface area (Å²) in [7, 11) is 0. The van der Waals surface area contributed by atoms with Gasteiger partial charge < -0.3 is 20.6 Å². The van der Waals surface area contributed by atoms with Crippen molar-refractivity contribution in [3.05, 3.63) is 12.2 Å². The molecule has 0 aliphatic heterocycles. The first-order valence-electron chi connectivity index (χ1n) is 20.5. The third kappa shape index (κ3) is 33.0. The molecule has 0 radical (unpaired) electrons. The van der Waals surface area contributed by atoms with Gasteiger partial charge in [-0.15, -0.1) is 0 Å². The predicted octanol–water partition coefficient (Wildman–Crippen LogP) is 11.3. The fraction of sp³-hybridized carbons (Fsp3) is 0.927. The van der Waals surface area contributed by atoms with Crippen molar-refractivity contribution in [2.24, 2.45) is 0 Å². The molecule has 5 nitrogen and oxygen atoms in total. The minimum absolute atomic E-state index is 0.0285. The third-order valence-electron chi connectivity index (χ3n) is 9.58. The van der Waals surface area contributed by atoms with Gasteiger partial charge in [0.15, 0.2) is 0 Å². The highest BCUT2D eigenvalue weighted by Crippen LogP contribution is 2.16. The molecule has 0 fully saturated rings. The lowest BCUT2D eigenvalue weighted by Crippen LogP contribution is -2.46. The number of hydrogen-bond acceptors (Lipinski definition) is 4. The Morgan fingerprint density at radius 3 is 1.28 bits per heavy atom. The topological polar surface area (TPSA) is 89.8 Å². The molecule has 46 heavy (non-hydrogen) atoms. The molecule has 0 aliphatic carbocycles. The first kappa shape index (κ1) is 45.1. The zero-order valence-electron chi connectivity index (χ0n) is 31.0. The minimum Gasteiger partial charge on any atom is -0.394 e. The number of carbonyl (C=O) groups excluding carboxylic acids is 1. The Hall–Kier alpha value is -0.910. The van der Waals surface area contributed by atoms with E-state index in [9.17, 15) is 20.1 Å². The van der Waals surface area contributed by atoms with E-state index in [2.05, 4.69) is 31.3 Å². The fourth-order valence-corrected chi connectivity index (χ4v) is 6.40. The molecule has 0 aliphatic rings. The summed E-state index contributed by atoms with van der Waals surface area (Å²) in [6, 6.07) is -0.659. The van der Waals surface area contributed by atoms with Crippen molar-refractivity contribution in [1.82, 2.24) is 5.32 Å². The quantitative estimate of drug-likeness (QED) is 0.0397. The zero-order chi connectivity index (χ0) is 33.8. The normalized spacial score (nSPS) is 13.8. The molecule has 274 valence electrons. The van der Waals surface area contributed by atoms with E-state index in [1.54, 1.807) is 0 Å². The van der Waals surface area contributed by atoms with Gasteiger partial charge in [-0.3, -0.25) is 4.79 Å². The standard InChI is InChI=1S/C41H81NO4/c1-3-5-7-9-11-13-15-17-19-20-21-23-25-27-29-31-33-35-40(45)39(37-43)42-41(46)36-38(44)34-32-30-28-26-24-22-18-16-14-12-10-8-6-4-2/h22,24,38-40,43-45H,3-21,23,25-37H2,1-2H3,(H,42,46)/b24-22-. The molecule has 0 heterocycles. The number of amides is 1. The third-order valence-corrected chi connectivity index (χ3v) is 9.58. The summed E-state index contributed by atoms with van der Waals surface area (Å²) in [6.45, 7) is 4.25. The number of allylic oxidation sites excluding steroid dienone is 2. The second-order valence-electron chi connectivity index (χ2n) is 14.2. The Bertz CT molecular complexity index is 640. The second kappa shape index (κ2) is 36.9. The SMILES string of the molecule is CCCCCCCCC/C=C\CCCCCC(O)CC(=O)NC(CO)C(O)CCCCCCCCCCCCCCCCCCC. The Kier molecular flexibility index (Phi) is 36.2. The van der Waals surface area contributed by atoms with Gasteiger partial charge in [0.25, 0.3) is 0 Å². The molecule has 0 bridgehead atoms. The van der Waals surface area contributed by atoms with Gasteiger partial charge in [-0.2, -0.15) is 0 Å². The summed E-state index contributed by atoms with van der Waals surface area (Å²) in [5, 5.41) is 33.3. The van der Waals surface area contributed by atoms with Crippen molar-refractivity contribution in [2.75, 3.05) is 6.61 Å². The molecule has 0 aromatic rings. The lowest BCUT2D eigenvalue weighted by molar-refractivity contribution is -0.125. The second-order valence-corrected chi connectivity index (χ2v) is 14.2. The van der Waals surface area contributed by atoms with Crippen LogP contribution in [0.1, 0.15) is 219 Å². The Balaban J connectivity index is 3.65. The molecule has 3 atom stereocenters. The van der Waals surface area contributed by atoms with E-state index in [1.165, 1.54) is 148 Å². The Morgan fingerprint density at radius 2 is 0.870 bits per heavy atom. The molecular weight excluding hydrogens is 570 g/mol. The van der Waals surface area contributed by atoms with Crippen LogP contribution in [0.3, 0.4) is 0 Å². The van der Waals surface area contributed by atoms with Crippen LogP contribution in [0.4, 0.5) is 0 Å². The summed E-state index contributed by atoms with van der Waals surface area (Å²) in [4.78, 5) is 12.4. The number of aliphatic hydroxyl groups is 3. The van der Waals surface area contributed by atoms with Crippen molar-refractivity contribution < 1.29 is 20.1 Å². The molecular formula is C41H81NO4. The van der Waals surface area contributed by atoms with Gasteiger partial charge in [0.1, 0.15) is 0 Å². The molecule has 0 rings (SSSR count). The summed E-state index contributed by atoms with van der Waals surface area (Å²) in [5.74, 6) is -0.290. The molecule has 3 unspecified atom stereocenters. The van der Waals surface area contributed by atoms with Crippen LogP contribution in [0.15, 0.2) is 12.2 Å². The highest BCUT2D eigenvalue weighted by molar-refractivity contribution is 5.76. The van der Waals surface area contributed by atoms with Crippen LogP contribution in [0.5, 0.6) is 0 Å². The number of unbranched alkanes of at least 4 members (excludes halogenated alkanes) is 26. The maximum absolute atomic E-state index is 12.4. The van der Waals surface area contributed by atoms with Crippen LogP contribution in [-0.4, -0.2) is 46.1 Å². The maximum Gasteiger partial charge on any atom is 0.222 e. The molecule has 0 saturated heterocycles. The molecule has 0 spiro atoms. The zero-order valence-corrected chi connectivity index (χ0v) is 31.0. The van der Waals surface area contributed by atoms with Gasteiger partial charge in [-0.1, -0.05) is 187 Å². The minimum atomic E-state index is -0.749. The molecule has 1 amide bonds. The summed E-state index contributed by atoms with van der Waals surface area (Å²) < 4.78 is 0. The average molecular weight is 652 g/mol. The number of rotatable bonds is 37. The van der Waals surface area contributed by atoms with E-state index >= 15 is 0 Å². The highest BCUT2D eigenvalue weighted by atomic mass is 16.3. The van der Waals surface area contributed by atoms with Gasteiger partial charge >= 0.3 is 0 Å². The first-order valence-corrected chi connectivity index (χ1v) is 20.5. The van der Waals surface area contributed by atoms with Crippen LogP contribution >= 0.6 is 0 Å². The van der Waals surface area contributed by atoms with Crippen molar-refractivity contribution in [1.29, 1.82) is 0 Å². The smallest absolute Gasteiger partial charge is 0.222 e. The number of carbonyl (C=O) groups is 1. The lowest BCUT2D eigenvalue weighted by atomic mass is 10.0. The summed E-state index contributed by atoms with van der Waals surface area (Å²) in [5.41, 5.74) is 0. The van der Waals surface area contributed by atoms with E-state index in [0.29, 0.717) is 12.8 Å². The molecule has 4 N–H and O–H groups in total. The Morgan fingerprint density at radius 1 is 0.522 bits per heavy atom. The molecule has 0 aromatic carbocycles.